The highest BCUT2D eigenvalue weighted by atomic mass is 28.4. The van der Waals surface area contributed by atoms with Gasteiger partial charge in [-0.25, -0.2) is 0 Å². The number of allylic oxidation sites excluding steroid dienone is 2. The Bertz CT molecular complexity index is 328. The quantitative estimate of drug-likeness (QED) is 0.138. The van der Waals surface area contributed by atoms with E-state index in [1.807, 2.05) is 0 Å². The molecule has 0 aliphatic carbocycles. The van der Waals surface area contributed by atoms with Crippen molar-refractivity contribution < 1.29 is 4.43 Å². The molecule has 0 radical (unpaired) electrons. The molecule has 0 aliphatic heterocycles. The predicted octanol–water partition coefficient (Wildman–Crippen LogP) is 9.05. The van der Waals surface area contributed by atoms with E-state index in [-0.39, 0.29) is 0 Å². The van der Waals surface area contributed by atoms with E-state index in [2.05, 4.69) is 52.9 Å². The first kappa shape index (κ1) is 25.9. The van der Waals surface area contributed by atoms with Crippen LogP contribution in [0.5, 0.6) is 0 Å². The summed E-state index contributed by atoms with van der Waals surface area (Å²) in [5.74, 6) is 0. The molecule has 156 valence electrons. The predicted molar refractivity (Wildman–Crippen MR) is 123 cm³/mol. The van der Waals surface area contributed by atoms with Crippen LogP contribution >= 0.6 is 0 Å². The van der Waals surface area contributed by atoms with Crippen LogP contribution in [0.15, 0.2) is 12.2 Å². The van der Waals surface area contributed by atoms with Crippen molar-refractivity contribution >= 4 is 8.32 Å². The minimum Gasteiger partial charge on any atom is -0.417 e. The maximum absolute atomic E-state index is 6.23. The Morgan fingerprint density at radius 1 is 0.654 bits per heavy atom. The zero-order valence-corrected chi connectivity index (χ0v) is 20.2. The monoisotopic (exact) mass is 382 g/mol. The van der Waals surface area contributed by atoms with Crippen molar-refractivity contribution in [3.05, 3.63) is 12.2 Å². The van der Waals surface area contributed by atoms with Crippen molar-refractivity contribution in [1.82, 2.24) is 0 Å². The molecule has 0 atom stereocenters. The minimum atomic E-state index is -1.53. The zero-order chi connectivity index (χ0) is 19.7. The van der Waals surface area contributed by atoms with Gasteiger partial charge < -0.3 is 4.43 Å². The Kier molecular flexibility index (Phi) is 15.9. The lowest BCUT2D eigenvalue weighted by molar-refractivity contribution is 0.278. The van der Waals surface area contributed by atoms with Gasteiger partial charge in [0.05, 0.1) is 0 Å². The molecule has 0 spiro atoms. The Balaban J connectivity index is 3.32. The first-order valence-corrected chi connectivity index (χ1v) is 14.5. The molecule has 0 aromatic carbocycles. The van der Waals surface area contributed by atoms with Crippen LogP contribution in [0.3, 0.4) is 0 Å². The summed E-state index contributed by atoms with van der Waals surface area (Å²) in [6, 6.07) is 0. The molecule has 0 aromatic heterocycles. The van der Waals surface area contributed by atoms with Gasteiger partial charge in [0.1, 0.15) is 0 Å². The average molecular weight is 383 g/mol. The topological polar surface area (TPSA) is 9.23 Å². The van der Waals surface area contributed by atoms with Gasteiger partial charge in [0.25, 0.3) is 0 Å². The minimum absolute atomic E-state index is 0.338. The van der Waals surface area contributed by atoms with Crippen LogP contribution in [0.4, 0.5) is 0 Å². The summed E-state index contributed by atoms with van der Waals surface area (Å²) >= 11 is 0. The van der Waals surface area contributed by atoms with E-state index >= 15 is 0 Å². The number of unbranched alkanes of at least 4 members (excludes halogenated alkanes) is 12. The molecule has 0 bridgehead atoms. The highest BCUT2D eigenvalue weighted by molar-refractivity contribution is 6.74. The van der Waals surface area contributed by atoms with E-state index in [1.165, 1.54) is 89.9 Å². The lowest BCUT2D eigenvalue weighted by atomic mass is 10.1. The molecule has 0 aromatic rings. The Labute approximate surface area is 167 Å². The van der Waals surface area contributed by atoms with Gasteiger partial charge >= 0.3 is 0 Å². The maximum Gasteiger partial charge on any atom is 0.191 e. The summed E-state index contributed by atoms with van der Waals surface area (Å²) in [5, 5.41) is 0.338. The second-order valence-corrected chi connectivity index (χ2v) is 14.4. The van der Waals surface area contributed by atoms with Gasteiger partial charge in [-0.15, -0.1) is 0 Å². The van der Waals surface area contributed by atoms with Gasteiger partial charge in [-0.2, -0.15) is 0 Å². The highest BCUT2D eigenvalue weighted by Crippen LogP contribution is 2.36. The molecule has 0 unspecified atom stereocenters. The second kappa shape index (κ2) is 15.9. The van der Waals surface area contributed by atoms with Crippen LogP contribution in [-0.4, -0.2) is 14.9 Å². The van der Waals surface area contributed by atoms with Crippen molar-refractivity contribution in [3.63, 3.8) is 0 Å². The summed E-state index contributed by atoms with van der Waals surface area (Å²) in [7, 11) is -1.53. The number of hydrogen-bond acceptors (Lipinski definition) is 1. The molecule has 0 heterocycles. The van der Waals surface area contributed by atoms with E-state index in [9.17, 15) is 0 Å². The van der Waals surface area contributed by atoms with Crippen molar-refractivity contribution in [2.75, 3.05) is 6.61 Å². The molecule has 26 heavy (non-hydrogen) atoms. The van der Waals surface area contributed by atoms with Crippen molar-refractivity contribution in [2.45, 2.75) is 136 Å². The van der Waals surface area contributed by atoms with E-state index in [0.717, 1.165) is 6.61 Å². The molecule has 0 fully saturated rings. The molecular weight excluding hydrogens is 332 g/mol. The average Bonchev–Trinajstić information content (AvgIpc) is 2.56. The Morgan fingerprint density at radius 2 is 1.08 bits per heavy atom. The van der Waals surface area contributed by atoms with Gasteiger partial charge in [0.2, 0.25) is 0 Å². The third-order valence-electron chi connectivity index (χ3n) is 5.93. The lowest BCUT2D eigenvalue weighted by Crippen LogP contribution is -2.40. The normalized spacial score (nSPS) is 13.0. The molecule has 0 saturated heterocycles. The Morgan fingerprint density at radius 3 is 1.54 bits per heavy atom. The second-order valence-electron chi connectivity index (χ2n) is 9.55. The molecule has 0 aliphatic rings. The van der Waals surface area contributed by atoms with Crippen molar-refractivity contribution in [2.24, 2.45) is 0 Å². The van der Waals surface area contributed by atoms with E-state index in [0.29, 0.717) is 5.04 Å². The first-order valence-electron chi connectivity index (χ1n) is 11.6. The molecule has 0 N–H and O–H groups in total. The fraction of sp³-hybridized carbons (Fsp3) is 0.917. The third kappa shape index (κ3) is 15.0. The lowest BCUT2D eigenvalue weighted by Gasteiger charge is -2.36. The fourth-order valence-corrected chi connectivity index (χ4v) is 3.98. The third-order valence-corrected chi connectivity index (χ3v) is 10.5. The molecule has 0 saturated carbocycles. The van der Waals surface area contributed by atoms with Gasteiger partial charge in [0, 0.05) is 6.61 Å². The molecule has 0 amide bonds. The summed E-state index contributed by atoms with van der Waals surface area (Å²) < 4.78 is 6.23. The van der Waals surface area contributed by atoms with Crippen molar-refractivity contribution in [1.29, 1.82) is 0 Å². The van der Waals surface area contributed by atoms with Crippen LogP contribution in [0.25, 0.3) is 0 Å². The van der Waals surface area contributed by atoms with E-state index in [4.69, 9.17) is 4.43 Å². The SMILES string of the molecule is CCCCCCCCCCC/C=C/CCCCCO[Si](C)(C)C(C)(C)C. The summed E-state index contributed by atoms with van der Waals surface area (Å²) in [6.07, 6.45) is 24.0. The van der Waals surface area contributed by atoms with E-state index in [1.54, 1.807) is 0 Å². The molecule has 2 heteroatoms. The first-order chi connectivity index (χ1) is 12.3. The summed E-state index contributed by atoms with van der Waals surface area (Å²) in [6.45, 7) is 14.9. The highest BCUT2D eigenvalue weighted by Gasteiger charge is 2.36. The van der Waals surface area contributed by atoms with Crippen molar-refractivity contribution in [3.8, 4) is 0 Å². The molecular formula is C24H50OSi. The maximum atomic E-state index is 6.23. The smallest absolute Gasteiger partial charge is 0.191 e. The number of rotatable bonds is 17. The van der Waals surface area contributed by atoms with Crippen LogP contribution in [0.2, 0.25) is 18.1 Å². The van der Waals surface area contributed by atoms with Crippen LogP contribution in [-0.2, 0) is 4.43 Å². The zero-order valence-electron chi connectivity index (χ0n) is 19.2. The standard InChI is InChI=1S/C24H50OSi/c1-7-8-9-10-11-12-13-14-15-16-17-18-19-20-21-22-23-25-26(5,6)24(2,3)4/h17-18H,7-16,19-23H2,1-6H3/b18-17+. The van der Waals surface area contributed by atoms with E-state index < -0.39 is 8.32 Å². The molecule has 1 nitrogen and oxygen atoms in total. The van der Waals surface area contributed by atoms with Gasteiger partial charge in [-0.05, 0) is 50.2 Å². The largest absolute Gasteiger partial charge is 0.417 e. The Hall–Kier alpha value is -0.0831. The number of hydrogen-bond donors (Lipinski definition) is 0. The van der Waals surface area contributed by atoms with Gasteiger partial charge in [-0.1, -0.05) is 97.6 Å². The van der Waals surface area contributed by atoms with Gasteiger partial charge in [-0.3, -0.25) is 0 Å². The fourth-order valence-electron chi connectivity index (χ4n) is 2.89. The van der Waals surface area contributed by atoms with Crippen LogP contribution < -0.4 is 0 Å². The van der Waals surface area contributed by atoms with Gasteiger partial charge in [0.15, 0.2) is 8.32 Å². The summed E-state index contributed by atoms with van der Waals surface area (Å²) in [4.78, 5) is 0. The van der Waals surface area contributed by atoms with Crippen LogP contribution in [0.1, 0.15) is 118 Å². The summed E-state index contributed by atoms with van der Waals surface area (Å²) in [5.41, 5.74) is 0. The van der Waals surface area contributed by atoms with Crippen LogP contribution in [0, 0.1) is 0 Å². The molecule has 0 rings (SSSR count).